The lowest BCUT2D eigenvalue weighted by Gasteiger charge is -2.14. The number of nitrogens with one attached hydrogen (secondary N) is 2. The number of rotatable bonds is 10. The summed E-state index contributed by atoms with van der Waals surface area (Å²) in [7, 11) is 0. The van der Waals surface area contributed by atoms with Gasteiger partial charge in [0, 0.05) is 19.1 Å². The van der Waals surface area contributed by atoms with E-state index >= 15 is 0 Å². The molecule has 0 aliphatic rings. The molecule has 0 amide bonds. The number of aryl methyl sites for hydroxylation is 1. The molecule has 18 heavy (non-hydrogen) atoms. The minimum Gasteiger partial charge on any atom is -0.395 e. The quantitative estimate of drug-likeness (QED) is 0.552. The summed E-state index contributed by atoms with van der Waals surface area (Å²) >= 11 is 0. The van der Waals surface area contributed by atoms with Crippen LogP contribution in [0.5, 0.6) is 0 Å². The SMILES string of the molecule is CCC(CO)NCCNCCCc1ccccc1. The van der Waals surface area contributed by atoms with E-state index in [1.54, 1.807) is 0 Å². The zero-order valence-electron chi connectivity index (χ0n) is 11.4. The lowest BCUT2D eigenvalue weighted by molar-refractivity contribution is 0.239. The molecule has 0 saturated carbocycles. The fraction of sp³-hybridized carbons (Fsp3) is 0.600. The van der Waals surface area contributed by atoms with Crippen molar-refractivity contribution in [1.82, 2.24) is 10.6 Å². The van der Waals surface area contributed by atoms with E-state index in [1.807, 2.05) is 0 Å². The van der Waals surface area contributed by atoms with E-state index in [0.29, 0.717) is 0 Å². The summed E-state index contributed by atoms with van der Waals surface area (Å²) < 4.78 is 0. The maximum absolute atomic E-state index is 9.01. The van der Waals surface area contributed by atoms with Gasteiger partial charge in [-0.25, -0.2) is 0 Å². The van der Waals surface area contributed by atoms with Crippen LogP contribution in [0, 0.1) is 0 Å². The molecule has 1 rings (SSSR count). The molecule has 0 aromatic heterocycles. The number of hydrogen-bond donors (Lipinski definition) is 3. The summed E-state index contributed by atoms with van der Waals surface area (Å²) in [6, 6.07) is 10.8. The smallest absolute Gasteiger partial charge is 0.0584 e. The molecule has 0 aliphatic heterocycles. The second-order valence-electron chi connectivity index (χ2n) is 4.58. The van der Waals surface area contributed by atoms with Crippen LogP contribution in [-0.2, 0) is 6.42 Å². The number of benzene rings is 1. The topological polar surface area (TPSA) is 44.3 Å². The molecule has 3 N–H and O–H groups in total. The molecule has 0 bridgehead atoms. The van der Waals surface area contributed by atoms with Gasteiger partial charge in [-0.3, -0.25) is 0 Å². The second-order valence-corrected chi connectivity index (χ2v) is 4.58. The molecule has 0 heterocycles. The Hall–Kier alpha value is -0.900. The Balaban J connectivity index is 1.93. The monoisotopic (exact) mass is 250 g/mol. The van der Waals surface area contributed by atoms with Crippen LogP contribution < -0.4 is 10.6 Å². The summed E-state index contributed by atoms with van der Waals surface area (Å²) in [4.78, 5) is 0. The number of aliphatic hydroxyl groups is 1. The van der Waals surface area contributed by atoms with Crippen molar-refractivity contribution in [1.29, 1.82) is 0 Å². The number of hydrogen-bond acceptors (Lipinski definition) is 3. The predicted octanol–water partition coefficient (Wildman–Crippen LogP) is 1.57. The highest BCUT2D eigenvalue weighted by molar-refractivity contribution is 5.14. The minimum absolute atomic E-state index is 0.227. The molecule has 1 aromatic rings. The Morgan fingerprint density at radius 2 is 1.89 bits per heavy atom. The van der Waals surface area contributed by atoms with Gasteiger partial charge in [0.05, 0.1) is 6.61 Å². The molecule has 1 aromatic carbocycles. The van der Waals surface area contributed by atoms with Crippen LogP contribution in [0.25, 0.3) is 0 Å². The fourth-order valence-electron chi connectivity index (χ4n) is 1.89. The van der Waals surface area contributed by atoms with Gasteiger partial charge >= 0.3 is 0 Å². The first-order valence-corrected chi connectivity index (χ1v) is 6.95. The fourth-order valence-corrected chi connectivity index (χ4v) is 1.89. The Morgan fingerprint density at radius 1 is 1.11 bits per heavy atom. The van der Waals surface area contributed by atoms with E-state index in [4.69, 9.17) is 5.11 Å². The largest absolute Gasteiger partial charge is 0.395 e. The van der Waals surface area contributed by atoms with E-state index in [9.17, 15) is 0 Å². The summed E-state index contributed by atoms with van der Waals surface area (Å²) in [5.74, 6) is 0. The van der Waals surface area contributed by atoms with Gasteiger partial charge in [-0.2, -0.15) is 0 Å². The predicted molar refractivity (Wildman–Crippen MR) is 76.8 cm³/mol. The summed E-state index contributed by atoms with van der Waals surface area (Å²) in [6.07, 6.45) is 3.28. The minimum atomic E-state index is 0.227. The first-order chi connectivity index (χ1) is 8.86. The van der Waals surface area contributed by atoms with Gasteiger partial charge in [0.25, 0.3) is 0 Å². The van der Waals surface area contributed by atoms with Crippen LogP contribution in [0.2, 0.25) is 0 Å². The van der Waals surface area contributed by atoms with Crippen molar-refractivity contribution in [2.24, 2.45) is 0 Å². The highest BCUT2D eigenvalue weighted by Crippen LogP contribution is 2.01. The number of aliphatic hydroxyl groups excluding tert-OH is 1. The first-order valence-electron chi connectivity index (χ1n) is 6.95. The van der Waals surface area contributed by atoms with Crippen molar-refractivity contribution in [3.8, 4) is 0 Å². The highest BCUT2D eigenvalue weighted by Gasteiger charge is 2.01. The third kappa shape index (κ3) is 6.74. The van der Waals surface area contributed by atoms with Crippen LogP contribution in [0.3, 0.4) is 0 Å². The van der Waals surface area contributed by atoms with Crippen LogP contribution in [-0.4, -0.2) is 37.4 Å². The summed E-state index contributed by atoms with van der Waals surface area (Å²) in [5, 5.41) is 15.7. The normalized spacial score (nSPS) is 12.6. The highest BCUT2D eigenvalue weighted by atomic mass is 16.3. The molecular weight excluding hydrogens is 224 g/mol. The van der Waals surface area contributed by atoms with Crippen molar-refractivity contribution < 1.29 is 5.11 Å². The zero-order chi connectivity index (χ0) is 13.1. The van der Waals surface area contributed by atoms with E-state index in [0.717, 1.165) is 32.5 Å². The molecule has 0 radical (unpaired) electrons. The van der Waals surface area contributed by atoms with Crippen LogP contribution in [0.15, 0.2) is 30.3 Å². The first kappa shape index (κ1) is 15.2. The molecule has 3 nitrogen and oxygen atoms in total. The van der Waals surface area contributed by atoms with Crippen LogP contribution in [0.1, 0.15) is 25.3 Å². The van der Waals surface area contributed by atoms with Crippen molar-refractivity contribution in [2.45, 2.75) is 32.2 Å². The molecule has 3 heteroatoms. The zero-order valence-corrected chi connectivity index (χ0v) is 11.4. The molecule has 1 unspecified atom stereocenters. The molecule has 0 saturated heterocycles. The van der Waals surface area contributed by atoms with Crippen molar-refractivity contribution >= 4 is 0 Å². The lowest BCUT2D eigenvalue weighted by Crippen LogP contribution is -2.37. The lowest BCUT2D eigenvalue weighted by atomic mass is 10.1. The molecule has 0 aliphatic carbocycles. The summed E-state index contributed by atoms with van der Waals surface area (Å²) in [6.45, 7) is 5.24. The third-order valence-electron chi connectivity index (χ3n) is 3.11. The summed E-state index contributed by atoms with van der Waals surface area (Å²) in [5.41, 5.74) is 1.41. The average Bonchev–Trinajstić information content (AvgIpc) is 2.43. The Bertz CT molecular complexity index is 286. The van der Waals surface area contributed by atoms with Crippen molar-refractivity contribution in [3.05, 3.63) is 35.9 Å². The van der Waals surface area contributed by atoms with E-state index in [-0.39, 0.29) is 12.6 Å². The van der Waals surface area contributed by atoms with E-state index < -0.39 is 0 Å². The molecule has 0 fully saturated rings. The Morgan fingerprint density at radius 3 is 2.56 bits per heavy atom. The molecular formula is C15H26N2O. The molecule has 0 spiro atoms. The van der Waals surface area contributed by atoms with Crippen molar-refractivity contribution in [2.75, 3.05) is 26.2 Å². The third-order valence-corrected chi connectivity index (χ3v) is 3.11. The van der Waals surface area contributed by atoms with Gasteiger partial charge in [-0.1, -0.05) is 37.3 Å². The van der Waals surface area contributed by atoms with Gasteiger partial charge in [-0.15, -0.1) is 0 Å². The molecule has 1 atom stereocenters. The van der Waals surface area contributed by atoms with E-state index in [2.05, 4.69) is 47.9 Å². The maximum atomic E-state index is 9.01. The Labute approximate surface area is 111 Å². The van der Waals surface area contributed by atoms with Gasteiger partial charge in [0.2, 0.25) is 0 Å². The van der Waals surface area contributed by atoms with Gasteiger partial charge in [0.1, 0.15) is 0 Å². The Kier molecular flexibility index (Phi) is 8.47. The van der Waals surface area contributed by atoms with Crippen molar-refractivity contribution in [3.63, 3.8) is 0 Å². The standard InChI is InChI=1S/C15H26N2O/c1-2-15(13-18)17-12-11-16-10-6-9-14-7-4-3-5-8-14/h3-5,7-8,15-18H,2,6,9-13H2,1H3. The van der Waals surface area contributed by atoms with Crippen LogP contribution >= 0.6 is 0 Å². The van der Waals surface area contributed by atoms with Gasteiger partial charge in [-0.05, 0) is 31.4 Å². The van der Waals surface area contributed by atoms with Gasteiger partial charge < -0.3 is 15.7 Å². The maximum Gasteiger partial charge on any atom is 0.0584 e. The van der Waals surface area contributed by atoms with E-state index in [1.165, 1.54) is 12.0 Å². The molecule has 102 valence electrons. The van der Waals surface area contributed by atoms with Crippen LogP contribution in [0.4, 0.5) is 0 Å². The second kappa shape index (κ2) is 10.1. The van der Waals surface area contributed by atoms with Gasteiger partial charge in [0.15, 0.2) is 0 Å². The average molecular weight is 250 g/mol.